The third-order valence-electron chi connectivity index (χ3n) is 2.97. The van der Waals surface area contributed by atoms with Crippen molar-refractivity contribution >= 4 is 0 Å². The first kappa shape index (κ1) is 12.6. The molecule has 0 bridgehead atoms. The topological polar surface area (TPSA) is 29.5 Å². The van der Waals surface area contributed by atoms with Crippen molar-refractivity contribution < 1.29 is 14.2 Å². The highest BCUT2D eigenvalue weighted by Gasteiger charge is 2.16. The molecule has 0 aliphatic carbocycles. The predicted octanol–water partition coefficient (Wildman–Crippen LogP) is 3.22. The van der Waals surface area contributed by atoms with Crippen LogP contribution in [0, 0.1) is 12.7 Å². The molecule has 1 atom stereocenters. The monoisotopic (exact) mass is 246 g/mol. The zero-order chi connectivity index (χ0) is 13.1. The van der Waals surface area contributed by atoms with Crippen LogP contribution in [0.4, 0.5) is 4.39 Å². The third-order valence-corrected chi connectivity index (χ3v) is 2.97. The van der Waals surface area contributed by atoms with Gasteiger partial charge in [-0.2, -0.15) is 0 Å². The van der Waals surface area contributed by atoms with E-state index in [1.807, 2.05) is 13.0 Å². The number of aliphatic hydroxyl groups is 1. The molecule has 2 rings (SSSR count). The maximum atomic E-state index is 13.6. The standard InChI is InChI=1S/C15H15FO2/c1-10-9-11(18-2)7-8-12(10)15(17)13-5-3-4-6-14(13)16/h3-9,15,17H,1-2H3. The summed E-state index contributed by atoms with van der Waals surface area (Å²) in [4.78, 5) is 0. The Balaban J connectivity index is 2.40. The maximum absolute atomic E-state index is 13.6. The van der Waals surface area contributed by atoms with Gasteiger partial charge in [0.25, 0.3) is 0 Å². The van der Waals surface area contributed by atoms with Gasteiger partial charge in [0, 0.05) is 5.56 Å². The van der Waals surface area contributed by atoms with Crippen LogP contribution in [0.15, 0.2) is 42.5 Å². The molecule has 0 spiro atoms. The van der Waals surface area contributed by atoms with Crippen molar-refractivity contribution in [3.8, 4) is 5.75 Å². The minimum Gasteiger partial charge on any atom is -0.497 e. The lowest BCUT2D eigenvalue weighted by Gasteiger charge is -2.15. The highest BCUT2D eigenvalue weighted by atomic mass is 19.1. The number of ether oxygens (including phenoxy) is 1. The molecule has 0 radical (unpaired) electrons. The van der Waals surface area contributed by atoms with Crippen LogP contribution in [-0.4, -0.2) is 12.2 Å². The molecule has 0 saturated carbocycles. The van der Waals surface area contributed by atoms with Gasteiger partial charge in [-0.25, -0.2) is 4.39 Å². The summed E-state index contributed by atoms with van der Waals surface area (Å²) in [6, 6.07) is 11.6. The van der Waals surface area contributed by atoms with E-state index in [2.05, 4.69) is 0 Å². The second kappa shape index (κ2) is 5.19. The SMILES string of the molecule is COc1ccc(C(O)c2ccccc2F)c(C)c1. The Morgan fingerprint density at radius 3 is 2.44 bits per heavy atom. The fraction of sp³-hybridized carbons (Fsp3) is 0.200. The number of rotatable bonds is 3. The average molecular weight is 246 g/mol. The van der Waals surface area contributed by atoms with Crippen LogP contribution in [0.2, 0.25) is 0 Å². The molecular formula is C15H15FO2. The quantitative estimate of drug-likeness (QED) is 0.901. The summed E-state index contributed by atoms with van der Waals surface area (Å²) in [5, 5.41) is 10.2. The number of hydrogen-bond donors (Lipinski definition) is 1. The van der Waals surface area contributed by atoms with E-state index in [4.69, 9.17) is 4.74 Å². The first-order valence-corrected chi connectivity index (χ1v) is 5.70. The fourth-order valence-corrected chi connectivity index (χ4v) is 1.95. The van der Waals surface area contributed by atoms with E-state index >= 15 is 0 Å². The van der Waals surface area contributed by atoms with Crippen LogP contribution in [0.1, 0.15) is 22.8 Å². The van der Waals surface area contributed by atoms with Gasteiger partial charge in [0.1, 0.15) is 17.7 Å². The van der Waals surface area contributed by atoms with Gasteiger partial charge >= 0.3 is 0 Å². The highest BCUT2D eigenvalue weighted by Crippen LogP contribution is 2.28. The van der Waals surface area contributed by atoms with Gasteiger partial charge < -0.3 is 9.84 Å². The van der Waals surface area contributed by atoms with Gasteiger partial charge in [-0.15, -0.1) is 0 Å². The molecule has 0 fully saturated rings. The van der Waals surface area contributed by atoms with Gasteiger partial charge in [-0.3, -0.25) is 0 Å². The Labute approximate surface area is 106 Å². The first-order chi connectivity index (χ1) is 8.63. The Bertz CT molecular complexity index is 552. The minimum absolute atomic E-state index is 0.283. The molecule has 0 saturated heterocycles. The average Bonchev–Trinajstić information content (AvgIpc) is 2.38. The summed E-state index contributed by atoms with van der Waals surface area (Å²) in [6.07, 6.45) is -0.961. The van der Waals surface area contributed by atoms with Crippen LogP contribution in [-0.2, 0) is 0 Å². The van der Waals surface area contributed by atoms with Crippen LogP contribution in [0.3, 0.4) is 0 Å². The molecule has 18 heavy (non-hydrogen) atoms. The van der Waals surface area contributed by atoms with Crippen molar-refractivity contribution in [2.75, 3.05) is 7.11 Å². The summed E-state index contributed by atoms with van der Waals surface area (Å²) < 4.78 is 18.7. The van der Waals surface area contributed by atoms with E-state index in [0.29, 0.717) is 5.56 Å². The Morgan fingerprint density at radius 2 is 1.83 bits per heavy atom. The molecule has 94 valence electrons. The molecule has 2 nitrogen and oxygen atoms in total. The number of halogens is 1. The van der Waals surface area contributed by atoms with Crippen molar-refractivity contribution in [2.45, 2.75) is 13.0 Å². The van der Waals surface area contributed by atoms with E-state index < -0.39 is 11.9 Å². The van der Waals surface area contributed by atoms with Gasteiger partial charge in [-0.05, 0) is 36.2 Å². The Kier molecular flexibility index (Phi) is 3.63. The van der Waals surface area contributed by atoms with Gasteiger partial charge in [0.15, 0.2) is 0 Å². The van der Waals surface area contributed by atoms with Crippen molar-refractivity contribution in [3.63, 3.8) is 0 Å². The van der Waals surface area contributed by atoms with E-state index in [1.54, 1.807) is 37.4 Å². The van der Waals surface area contributed by atoms with Crippen LogP contribution in [0.5, 0.6) is 5.75 Å². The summed E-state index contributed by atoms with van der Waals surface area (Å²) >= 11 is 0. The third kappa shape index (κ3) is 2.36. The van der Waals surface area contributed by atoms with Gasteiger partial charge in [-0.1, -0.05) is 24.3 Å². The van der Waals surface area contributed by atoms with Gasteiger partial charge in [0.05, 0.1) is 7.11 Å². The molecule has 0 aromatic heterocycles. The van der Waals surface area contributed by atoms with Crippen LogP contribution >= 0.6 is 0 Å². The summed E-state index contributed by atoms with van der Waals surface area (Å²) in [6.45, 7) is 1.86. The number of hydrogen-bond acceptors (Lipinski definition) is 2. The minimum atomic E-state index is -0.961. The van der Waals surface area contributed by atoms with Crippen molar-refractivity contribution in [1.29, 1.82) is 0 Å². The summed E-state index contributed by atoms with van der Waals surface area (Å²) in [5.41, 5.74) is 1.83. The summed E-state index contributed by atoms with van der Waals surface area (Å²) in [5.74, 6) is 0.317. The molecule has 2 aromatic rings. The molecule has 1 unspecified atom stereocenters. The molecule has 0 heterocycles. The van der Waals surface area contributed by atoms with Crippen LogP contribution < -0.4 is 4.74 Å². The molecule has 3 heteroatoms. The van der Waals surface area contributed by atoms with Crippen molar-refractivity contribution in [2.24, 2.45) is 0 Å². The lowest BCUT2D eigenvalue weighted by atomic mass is 9.97. The lowest BCUT2D eigenvalue weighted by Crippen LogP contribution is -2.04. The predicted molar refractivity (Wildman–Crippen MR) is 68.2 cm³/mol. The van der Waals surface area contributed by atoms with E-state index in [1.165, 1.54) is 6.07 Å². The number of benzene rings is 2. The number of aryl methyl sites for hydroxylation is 1. The molecule has 0 amide bonds. The Morgan fingerprint density at radius 1 is 1.11 bits per heavy atom. The number of aliphatic hydroxyl groups excluding tert-OH is 1. The van der Waals surface area contributed by atoms with Crippen molar-refractivity contribution in [3.05, 3.63) is 65.0 Å². The summed E-state index contributed by atoms with van der Waals surface area (Å²) in [7, 11) is 1.59. The second-order valence-electron chi connectivity index (χ2n) is 4.15. The van der Waals surface area contributed by atoms with Gasteiger partial charge in [0.2, 0.25) is 0 Å². The molecule has 2 aromatic carbocycles. The van der Waals surface area contributed by atoms with E-state index in [0.717, 1.165) is 11.3 Å². The fourth-order valence-electron chi connectivity index (χ4n) is 1.95. The zero-order valence-corrected chi connectivity index (χ0v) is 10.4. The Hall–Kier alpha value is -1.87. The van der Waals surface area contributed by atoms with Crippen molar-refractivity contribution in [1.82, 2.24) is 0 Å². The molecule has 1 N–H and O–H groups in total. The number of methoxy groups -OCH3 is 1. The highest BCUT2D eigenvalue weighted by molar-refractivity contribution is 5.40. The zero-order valence-electron chi connectivity index (χ0n) is 10.4. The van der Waals surface area contributed by atoms with Crippen LogP contribution in [0.25, 0.3) is 0 Å². The second-order valence-corrected chi connectivity index (χ2v) is 4.15. The first-order valence-electron chi connectivity index (χ1n) is 5.70. The lowest BCUT2D eigenvalue weighted by molar-refractivity contribution is 0.214. The van der Waals surface area contributed by atoms with E-state index in [9.17, 15) is 9.50 Å². The molecular weight excluding hydrogens is 231 g/mol. The maximum Gasteiger partial charge on any atom is 0.129 e. The molecule has 0 aliphatic rings. The normalized spacial score (nSPS) is 12.2. The largest absolute Gasteiger partial charge is 0.497 e. The smallest absolute Gasteiger partial charge is 0.129 e. The van der Waals surface area contributed by atoms with E-state index in [-0.39, 0.29) is 5.56 Å². The molecule has 0 aliphatic heterocycles.